The number of methoxy groups -OCH3 is 1. The monoisotopic (exact) mass is 336 g/mol. The largest absolute Gasteiger partial charge is 0.505 e. The molecule has 2 aromatic rings. The van der Waals surface area contributed by atoms with Gasteiger partial charge < -0.3 is 20.9 Å². The molecule has 0 atom stereocenters. The number of rotatable bonds is 3. The number of nitrogens with one attached hydrogen (secondary N) is 1. The predicted molar refractivity (Wildman–Crippen MR) is 81.2 cm³/mol. The number of carbonyl (C=O) groups excluding carboxylic acids is 1. The van der Waals surface area contributed by atoms with Crippen molar-refractivity contribution in [2.24, 2.45) is 0 Å². The van der Waals surface area contributed by atoms with E-state index in [4.69, 9.17) is 10.5 Å². The Morgan fingerprint density at radius 3 is 2.80 bits per heavy atom. The summed E-state index contributed by atoms with van der Waals surface area (Å²) in [5.41, 5.74) is 6.39. The number of hydrogen-bond acceptors (Lipinski definition) is 4. The molecule has 2 aromatic carbocycles. The summed E-state index contributed by atoms with van der Waals surface area (Å²) in [6.45, 7) is 0. The highest BCUT2D eigenvalue weighted by Crippen LogP contribution is 2.29. The predicted octanol–water partition coefficient (Wildman–Crippen LogP) is 3.00. The Morgan fingerprint density at radius 2 is 2.10 bits per heavy atom. The van der Waals surface area contributed by atoms with Gasteiger partial charge in [-0.25, -0.2) is 0 Å². The molecule has 0 aliphatic rings. The van der Waals surface area contributed by atoms with Gasteiger partial charge in [-0.3, -0.25) is 4.79 Å². The number of nitrogen functional groups attached to an aromatic ring is 1. The minimum atomic E-state index is -0.445. The maximum atomic E-state index is 12.1. The first-order valence-electron chi connectivity index (χ1n) is 5.75. The smallest absolute Gasteiger partial charge is 0.259 e. The number of halogens is 1. The molecular weight excluding hydrogens is 324 g/mol. The summed E-state index contributed by atoms with van der Waals surface area (Å²) < 4.78 is 5.93. The molecular formula is C14H13BrN2O3. The second-order valence-corrected chi connectivity index (χ2v) is 4.90. The molecule has 0 saturated carbocycles. The lowest BCUT2D eigenvalue weighted by Crippen LogP contribution is -2.12. The zero-order valence-corrected chi connectivity index (χ0v) is 12.3. The van der Waals surface area contributed by atoms with Gasteiger partial charge >= 0.3 is 0 Å². The van der Waals surface area contributed by atoms with Gasteiger partial charge in [0.05, 0.1) is 22.8 Å². The van der Waals surface area contributed by atoms with Crippen molar-refractivity contribution in [1.82, 2.24) is 0 Å². The highest BCUT2D eigenvalue weighted by molar-refractivity contribution is 9.10. The first-order chi connectivity index (χ1) is 9.52. The second-order valence-electron chi connectivity index (χ2n) is 4.05. The molecule has 1 amide bonds. The number of carbonyl (C=O) groups is 1. The molecule has 104 valence electrons. The van der Waals surface area contributed by atoms with Crippen LogP contribution in [0.5, 0.6) is 11.5 Å². The maximum absolute atomic E-state index is 12.1. The Morgan fingerprint density at radius 1 is 1.35 bits per heavy atom. The van der Waals surface area contributed by atoms with Crippen LogP contribution in [0.2, 0.25) is 0 Å². The number of ether oxygens (including phenoxy) is 1. The summed E-state index contributed by atoms with van der Waals surface area (Å²) in [6.07, 6.45) is 0. The standard InChI is InChI=1S/C14H13BrN2O3/c1-20-12-7-8(5-6-10(12)15)17-14(19)9-3-2-4-11(16)13(9)18/h2-7,18H,16H2,1H3,(H,17,19). The highest BCUT2D eigenvalue weighted by Gasteiger charge is 2.13. The van der Waals surface area contributed by atoms with E-state index in [0.717, 1.165) is 4.47 Å². The van der Waals surface area contributed by atoms with Gasteiger partial charge in [0, 0.05) is 11.8 Å². The zero-order chi connectivity index (χ0) is 14.7. The Hall–Kier alpha value is -2.21. The number of nitrogens with two attached hydrogens (primary N) is 1. The molecule has 0 bridgehead atoms. The number of phenolic OH excluding ortho intramolecular Hbond substituents is 1. The summed E-state index contributed by atoms with van der Waals surface area (Å²) in [5, 5.41) is 12.4. The van der Waals surface area contributed by atoms with Crippen LogP contribution < -0.4 is 15.8 Å². The molecule has 20 heavy (non-hydrogen) atoms. The van der Waals surface area contributed by atoms with E-state index < -0.39 is 5.91 Å². The summed E-state index contributed by atoms with van der Waals surface area (Å²) in [5.74, 6) is -0.0761. The van der Waals surface area contributed by atoms with Crippen LogP contribution in [0.4, 0.5) is 11.4 Å². The van der Waals surface area contributed by atoms with Gasteiger partial charge in [-0.05, 0) is 40.2 Å². The lowest BCUT2D eigenvalue weighted by atomic mass is 10.1. The third-order valence-corrected chi connectivity index (χ3v) is 3.38. The van der Waals surface area contributed by atoms with Crippen LogP contribution in [-0.2, 0) is 0 Å². The molecule has 0 unspecified atom stereocenters. The number of amides is 1. The van der Waals surface area contributed by atoms with Gasteiger partial charge in [-0.15, -0.1) is 0 Å². The van der Waals surface area contributed by atoms with Gasteiger partial charge in [0.1, 0.15) is 5.75 Å². The molecule has 0 aliphatic heterocycles. The quantitative estimate of drug-likeness (QED) is 0.594. The van der Waals surface area contributed by atoms with Crippen LogP contribution in [0, 0.1) is 0 Å². The minimum absolute atomic E-state index is 0.117. The average molecular weight is 337 g/mol. The van der Waals surface area contributed by atoms with Gasteiger partial charge in [-0.2, -0.15) is 0 Å². The van der Waals surface area contributed by atoms with Crippen molar-refractivity contribution in [3.05, 3.63) is 46.4 Å². The molecule has 0 saturated heterocycles. The van der Waals surface area contributed by atoms with Gasteiger partial charge in [0.25, 0.3) is 5.91 Å². The van der Waals surface area contributed by atoms with Crippen molar-refractivity contribution in [1.29, 1.82) is 0 Å². The van der Waals surface area contributed by atoms with Crippen molar-refractivity contribution >= 4 is 33.2 Å². The normalized spacial score (nSPS) is 10.1. The number of phenols is 1. The van der Waals surface area contributed by atoms with Crippen molar-refractivity contribution in [2.75, 3.05) is 18.2 Å². The summed E-state index contributed by atoms with van der Waals surface area (Å²) in [6, 6.07) is 9.77. The molecule has 5 nitrogen and oxygen atoms in total. The van der Waals surface area contributed by atoms with E-state index in [1.165, 1.54) is 19.2 Å². The van der Waals surface area contributed by atoms with Crippen LogP contribution in [0.3, 0.4) is 0 Å². The van der Waals surface area contributed by atoms with Crippen molar-refractivity contribution in [3.63, 3.8) is 0 Å². The zero-order valence-electron chi connectivity index (χ0n) is 10.7. The van der Waals surface area contributed by atoms with E-state index in [1.54, 1.807) is 24.3 Å². The Kier molecular flexibility index (Phi) is 4.14. The summed E-state index contributed by atoms with van der Waals surface area (Å²) >= 11 is 3.33. The molecule has 6 heteroatoms. The Balaban J connectivity index is 2.26. The van der Waals surface area contributed by atoms with E-state index in [-0.39, 0.29) is 17.0 Å². The fourth-order valence-corrected chi connectivity index (χ4v) is 2.09. The lowest BCUT2D eigenvalue weighted by molar-refractivity contribution is 0.102. The van der Waals surface area contributed by atoms with Gasteiger partial charge in [0.15, 0.2) is 5.75 Å². The fourth-order valence-electron chi connectivity index (χ4n) is 1.68. The topological polar surface area (TPSA) is 84.6 Å². The first-order valence-corrected chi connectivity index (χ1v) is 6.54. The van der Waals surface area contributed by atoms with E-state index in [0.29, 0.717) is 11.4 Å². The maximum Gasteiger partial charge on any atom is 0.259 e. The Labute approximate surface area is 124 Å². The van der Waals surface area contributed by atoms with Gasteiger partial charge in [0.2, 0.25) is 0 Å². The summed E-state index contributed by atoms with van der Waals surface area (Å²) in [4.78, 5) is 12.1. The van der Waals surface area contributed by atoms with Crippen molar-refractivity contribution in [2.45, 2.75) is 0 Å². The van der Waals surface area contributed by atoms with Crippen LogP contribution in [-0.4, -0.2) is 18.1 Å². The molecule has 0 fully saturated rings. The third kappa shape index (κ3) is 2.85. The SMILES string of the molecule is COc1cc(NC(=O)c2cccc(N)c2O)ccc1Br. The molecule has 0 spiro atoms. The average Bonchev–Trinajstić information content (AvgIpc) is 2.43. The summed E-state index contributed by atoms with van der Waals surface area (Å²) in [7, 11) is 1.54. The molecule has 2 rings (SSSR count). The van der Waals surface area contributed by atoms with Gasteiger partial charge in [-0.1, -0.05) is 6.07 Å². The minimum Gasteiger partial charge on any atom is -0.505 e. The van der Waals surface area contributed by atoms with Crippen LogP contribution in [0.15, 0.2) is 40.9 Å². The van der Waals surface area contributed by atoms with Crippen LogP contribution in [0.25, 0.3) is 0 Å². The molecule has 0 aliphatic carbocycles. The third-order valence-electron chi connectivity index (χ3n) is 2.72. The van der Waals surface area contributed by atoms with Crippen molar-refractivity contribution < 1.29 is 14.6 Å². The first kappa shape index (κ1) is 14.2. The fraction of sp³-hybridized carbons (Fsp3) is 0.0714. The Bertz CT molecular complexity index is 659. The highest BCUT2D eigenvalue weighted by atomic mass is 79.9. The van der Waals surface area contributed by atoms with Crippen LogP contribution in [0.1, 0.15) is 10.4 Å². The van der Waals surface area contributed by atoms with Crippen molar-refractivity contribution in [3.8, 4) is 11.5 Å². The number of anilines is 2. The van der Waals surface area contributed by atoms with E-state index in [2.05, 4.69) is 21.2 Å². The molecule has 0 aromatic heterocycles. The van der Waals surface area contributed by atoms with Crippen LogP contribution >= 0.6 is 15.9 Å². The lowest BCUT2D eigenvalue weighted by Gasteiger charge is -2.10. The number of aromatic hydroxyl groups is 1. The molecule has 0 radical (unpaired) electrons. The molecule has 0 heterocycles. The molecule has 4 N–H and O–H groups in total. The van der Waals surface area contributed by atoms with E-state index in [9.17, 15) is 9.90 Å². The van der Waals surface area contributed by atoms with E-state index >= 15 is 0 Å². The number of para-hydroxylation sites is 1. The number of benzene rings is 2. The second kappa shape index (κ2) is 5.83. The van der Waals surface area contributed by atoms with E-state index in [1.807, 2.05) is 0 Å². The number of hydrogen-bond donors (Lipinski definition) is 3.